The number of aromatic hydroxyl groups is 4. The second-order valence-electron chi connectivity index (χ2n) is 6.86. The molecule has 0 atom stereocenters. The molecule has 8 aromatic rings. The Morgan fingerprint density at radius 1 is 0.346 bits per heavy atom. The van der Waals surface area contributed by atoms with Crippen LogP contribution in [0.15, 0.2) is 48.5 Å². The highest BCUT2D eigenvalue weighted by atomic mass is 16.3. The van der Waals surface area contributed by atoms with E-state index in [0.29, 0.717) is 21.5 Å². The van der Waals surface area contributed by atoms with Gasteiger partial charge in [-0.1, -0.05) is 0 Å². The maximum atomic E-state index is 10.2. The molecule has 26 heavy (non-hydrogen) atoms. The van der Waals surface area contributed by atoms with Crippen LogP contribution in [0.25, 0.3) is 53.9 Å². The minimum atomic E-state index is -0.0928. The van der Waals surface area contributed by atoms with Crippen molar-refractivity contribution in [3.05, 3.63) is 48.5 Å². The van der Waals surface area contributed by atoms with Crippen LogP contribution in [0.1, 0.15) is 0 Å². The Bertz CT molecular complexity index is 1290. The van der Waals surface area contributed by atoms with Gasteiger partial charge in [-0.05, 0) is 80.8 Å². The molecule has 4 heteroatoms. The van der Waals surface area contributed by atoms with E-state index in [-0.39, 0.29) is 23.0 Å². The predicted octanol–water partition coefficient (Wildman–Crippen LogP) is 5.15. The quantitative estimate of drug-likeness (QED) is 0.228. The van der Waals surface area contributed by atoms with Gasteiger partial charge < -0.3 is 20.4 Å². The Morgan fingerprint density at radius 2 is 0.577 bits per heavy atom. The van der Waals surface area contributed by atoms with Gasteiger partial charge in [0.1, 0.15) is 0 Å². The average molecular weight is 340 g/mol. The number of fused-ring (bicyclic) bond motifs is 5. The fourth-order valence-electron chi connectivity index (χ4n) is 4.27. The molecule has 0 aliphatic carbocycles. The van der Waals surface area contributed by atoms with Crippen LogP contribution in [-0.2, 0) is 0 Å². The Kier molecular flexibility index (Phi) is 2.15. The Hall–Kier alpha value is -3.66. The summed E-state index contributed by atoms with van der Waals surface area (Å²) >= 11 is 0. The molecular formula is C22H12O4. The van der Waals surface area contributed by atoms with E-state index < -0.39 is 0 Å². The number of phenols is 8. The highest BCUT2D eigenvalue weighted by Gasteiger charge is 2.18. The van der Waals surface area contributed by atoms with Crippen molar-refractivity contribution in [2.75, 3.05) is 0 Å². The summed E-state index contributed by atoms with van der Waals surface area (Å²) in [5.74, 6) is -0.371. The van der Waals surface area contributed by atoms with Gasteiger partial charge >= 0.3 is 0 Å². The standard InChI is InChI=1S/C22H12O4/c23-19-11-1-2-12(20(19)24)16-6-10-8-18-14-4-3-13(21(25)22(14)26)17(18)7-9(10)5-15(11)16/h1-8,23-26H. The summed E-state index contributed by atoms with van der Waals surface area (Å²) in [6.45, 7) is 0. The second-order valence-corrected chi connectivity index (χ2v) is 6.86. The molecule has 8 aromatic carbocycles. The molecule has 0 spiro atoms. The molecule has 0 aromatic heterocycles. The first-order valence-corrected chi connectivity index (χ1v) is 8.28. The van der Waals surface area contributed by atoms with Gasteiger partial charge in [0.15, 0.2) is 23.0 Å². The molecule has 4 nitrogen and oxygen atoms in total. The lowest BCUT2D eigenvalue weighted by Crippen LogP contribution is -1.87. The van der Waals surface area contributed by atoms with Crippen molar-refractivity contribution >= 4 is 53.9 Å². The van der Waals surface area contributed by atoms with Gasteiger partial charge in [-0.3, -0.25) is 0 Å². The Labute approximate surface area is 146 Å². The number of benzene rings is 8. The van der Waals surface area contributed by atoms with E-state index >= 15 is 0 Å². The Balaban J connectivity index is 1.86. The summed E-state index contributed by atoms with van der Waals surface area (Å²) < 4.78 is 0. The summed E-state index contributed by atoms with van der Waals surface area (Å²) in [6.07, 6.45) is 0. The van der Waals surface area contributed by atoms with E-state index in [9.17, 15) is 20.4 Å². The van der Waals surface area contributed by atoms with Crippen LogP contribution in [0.5, 0.6) is 23.0 Å². The third-order valence-corrected chi connectivity index (χ3v) is 5.58. The van der Waals surface area contributed by atoms with Crippen LogP contribution >= 0.6 is 0 Å². The van der Waals surface area contributed by atoms with Gasteiger partial charge in [-0.2, -0.15) is 0 Å². The molecule has 4 bridgehead atoms. The smallest absolute Gasteiger partial charge is 0.166 e. The van der Waals surface area contributed by atoms with Crippen LogP contribution in [-0.4, -0.2) is 20.4 Å². The molecule has 8 rings (SSSR count). The van der Waals surface area contributed by atoms with Crippen molar-refractivity contribution in [3.8, 4) is 23.0 Å². The third kappa shape index (κ3) is 1.38. The number of rotatable bonds is 0. The topological polar surface area (TPSA) is 80.9 Å². The third-order valence-electron chi connectivity index (χ3n) is 5.58. The molecule has 0 radical (unpaired) electrons. The fourth-order valence-corrected chi connectivity index (χ4v) is 4.27. The summed E-state index contributed by atoms with van der Waals surface area (Å²) in [5, 5.41) is 48.5. The van der Waals surface area contributed by atoms with E-state index in [1.165, 1.54) is 0 Å². The van der Waals surface area contributed by atoms with Gasteiger partial charge in [0.2, 0.25) is 0 Å². The largest absolute Gasteiger partial charge is 0.504 e. The number of phenolic OH excluding ortho intramolecular Hbond substituents is 4. The van der Waals surface area contributed by atoms with Gasteiger partial charge in [0.25, 0.3) is 0 Å². The van der Waals surface area contributed by atoms with Crippen molar-refractivity contribution in [2.45, 2.75) is 0 Å². The highest BCUT2D eigenvalue weighted by Crippen LogP contribution is 2.48. The average Bonchev–Trinajstić information content (AvgIpc) is 2.65. The SMILES string of the molecule is Oc1c(O)c2ccc1c1cc3cc4c5ccc(c(O)c5O)c4cc3cc21. The maximum Gasteiger partial charge on any atom is 0.166 e. The van der Waals surface area contributed by atoms with Crippen LogP contribution in [0, 0.1) is 0 Å². The molecule has 124 valence electrons. The van der Waals surface area contributed by atoms with Crippen molar-refractivity contribution in [1.29, 1.82) is 0 Å². The first-order valence-electron chi connectivity index (χ1n) is 8.28. The zero-order valence-corrected chi connectivity index (χ0v) is 13.4. The van der Waals surface area contributed by atoms with E-state index in [1.54, 1.807) is 24.3 Å². The zero-order valence-electron chi connectivity index (χ0n) is 13.4. The van der Waals surface area contributed by atoms with Crippen molar-refractivity contribution in [2.24, 2.45) is 0 Å². The minimum absolute atomic E-state index is 0.0928. The summed E-state index contributed by atoms with van der Waals surface area (Å²) in [5.41, 5.74) is 0. The fraction of sp³-hybridized carbons (Fsp3) is 0. The van der Waals surface area contributed by atoms with E-state index in [2.05, 4.69) is 0 Å². The van der Waals surface area contributed by atoms with Gasteiger partial charge in [-0.25, -0.2) is 0 Å². The van der Waals surface area contributed by atoms with Crippen LogP contribution in [0.3, 0.4) is 0 Å². The van der Waals surface area contributed by atoms with Crippen LogP contribution < -0.4 is 0 Å². The van der Waals surface area contributed by atoms with Crippen molar-refractivity contribution in [1.82, 2.24) is 0 Å². The van der Waals surface area contributed by atoms with Crippen LogP contribution in [0.2, 0.25) is 0 Å². The maximum absolute atomic E-state index is 10.2. The molecule has 0 fully saturated rings. The minimum Gasteiger partial charge on any atom is -0.504 e. The first-order chi connectivity index (χ1) is 12.5. The normalized spacial score (nSPS) is 12.5. The van der Waals surface area contributed by atoms with Gasteiger partial charge in [0, 0.05) is 21.5 Å². The molecular weight excluding hydrogens is 328 g/mol. The molecule has 0 aliphatic rings. The lowest BCUT2D eigenvalue weighted by atomic mass is 9.91. The first kappa shape index (κ1) is 13.6. The summed E-state index contributed by atoms with van der Waals surface area (Å²) in [7, 11) is 0. The number of hydrogen-bond donors (Lipinski definition) is 4. The monoisotopic (exact) mass is 340 g/mol. The molecule has 0 saturated heterocycles. The molecule has 0 saturated carbocycles. The Morgan fingerprint density at radius 3 is 0.808 bits per heavy atom. The molecule has 0 aliphatic heterocycles. The molecule has 0 amide bonds. The number of hydrogen-bond acceptors (Lipinski definition) is 4. The lowest BCUT2D eigenvalue weighted by molar-refractivity contribution is 0.412. The van der Waals surface area contributed by atoms with E-state index in [4.69, 9.17) is 0 Å². The second kappa shape index (κ2) is 4.11. The summed E-state index contributed by atoms with van der Waals surface area (Å²) in [6, 6.07) is 15.2. The summed E-state index contributed by atoms with van der Waals surface area (Å²) in [4.78, 5) is 0. The van der Waals surface area contributed by atoms with Crippen molar-refractivity contribution in [3.63, 3.8) is 0 Å². The molecule has 0 unspecified atom stereocenters. The zero-order chi connectivity index (χ0) is 17.7. The molecule has 0 heterocycles. The van der Waals surface area contributed by atoms with E-state index in [0.717, 1.165) is 32.3 Å². The molecule has 4 N–H and O–H groups in total. The van der Waals surface area contributed by atoms with Gasteiger partial charge in [0.05, 0.1) is 0 Å². The van der Waals surface area contributed by atoms with Gasteiger partial charge in [-0.15, -0.1) is 0 Å². The van der Waals surface area contributed by atoms with Crippen LogP contribution in [0.4, 0.5) is 0 Å². The van der Waals surface area contributed by atoms with Crippen molar-refractivity contribution < 1.29 is 20.4 Å². The van der Waals surface area contributed by atoms with E-state index in [1.807, 2.05) is 24.3 Å². The lowest BCUT2D eigenvalue weighted by Gasteiger charge is -2.15. The highest BCUT2D eigenvalue weighted by molar-refractivity contribution is 6.23. The predicted molar refractivity (Wildman–Crippen MR) is 103 cm³/mol.